The van der Waals surface area contributed by atoms with E-state index >= 15 is 0 Å². The van der Waals surface area contributed by atoms with Crippen molar-refractivity contribution in [2.75, 3.05) is 0 Å². The topological polar surface area (TPSA) is 20.2 Å². The lowest BCUT2D eigenvalue weighted by atomic mass is 9.72. The number of phenols is 1. The first-order valence-electron chi connectivity index (χ1n) is 6.55. The Morgan fingerprint density at radius 1 is 1.00 bits per heavy atom. The predicted octanol–water partition coefficient (Wildman–Crippen LogP) is 4.72. The molecule has 1 rings (SSSR count). The van der Waals surface area contributed by atoms with Gasteiger partial charge in [-0.15, -0.1) is 6.58 Å². The van der Waals surface area contributed by atoms with Gasteiger partial charge in [-0.2, -0.15) is 0 Å². The Bertz CT molecular complexity index is 442. The highest BCUT2D eigenvalue weighted by atomic mass is 16.3. The third-order valence-electron chi connectivity index (χ3n) is 3.13. The monoisotopic (exact) mass is 246 g/mol. The van der Waals surface area contributed by atoms with Gasteiger partial charge < -0.3 is 5.11 Å². The Balaban J connectivity index is 3.67. The number of rotatable bonds is 2. The first-order chi connectivity index (χ1) is 8.09. The second-order valence-electron chi connectivity index (χ2n) is 6.99. The molecule has 18 heavy (non-hydrogen) atoms. The summed E-state index contributed by atoms with van der Waals surface area (Å²) in [4.78, 5) is 0. The summed E-state index contributed by atoms with van der Waals surface area (Å²) in [6, 6.07) is 3.83. The predicted molar refractivity (Wildman–Crippen MR) is 79.4 cm³/mol. The van der Waals surface area contributed by atoms with Gasteiger partial charge in [-0.3, -0.25) is 0 Å². The Labute approximate surface area is 112 Å². The van der Waals surface area contributed by atoms with Crippen LogP contribution in [-0.2, 0) is 17.3 Å². The van der Waals surface area contributed by atoms with E-state index in [-0.39, 0.29) is 10.8 Å². The summed E-state index contributed by atoms with van der Waals surface area (Å²) in [6.45, 7) is 16.9. The average Bonchev–Trinajstić information content (AvgIpc) is 2.17. The molecule has 1 aromatic carbocycles. The molecule has 0 heterocycles. The second kappa shape index (κ2) is 4.79. The molecular formula is C17H26O. The summed E-state index contributed by atoms with van der Waals surface area (Å²) in [5, 5.41) is 10.3. The third-order valence-corrected chi connectivity index (χ3v) is 3.13. The molecule has 0 aromatic heterocycles. The Morgan fingerprint density at radius 2 is 1.50 bits per heavy atom. The molecule has 0 atom stereocenters. The van der Waals surface area contributed by atoms with Crippen LogP contribution in [0.3, 0.4) is 0 Å². The van der Waals surface area contributed by atoms with Gasteiger partial charge in [0.15, 0.2) is 0 Å². The molecule has 0 spiro atoms. The molecular weight excluding hydrogens is 220 g/mol. The third kappa shape index (κ3) is 2.95. The molecule has 0 aliphatic rings. The molecule has 0 bridgehead atoms. The van der Waals surface area contributed by atoms with E-state index in [1.165, 1.54) is 11.1 Å². The van der Waals surface area contributed by atoms with Gasteiger partial charge in [0.2, 0.25) is 0 Å². The highest BCUT2D eigenvalue weighted by molar-refractivity contribution is 5.51. The summed E-state index contributed by atoms with van der Waals surface area (Å²) in [5.41, 5.74) is 3.54. The lowest BCUT2D eigenvalue weighted by Crippen LogP contribution is -2.24. The van der Waals surface area contributed by atoms with Crippen LogP contribution in [0.25, 0.3) is 0 Å². The zero-order chi connectivity index (χ0) is 14.1. The highest BCUT2D eigenvalue weighted by Crippen LogP contribution is 2.41. The molecule has 1 aromatic rings. The largest absolute Gasteiger partial charge is 0.508 e. The fourth-order valence-electron chi connectivity index (χ4n) is 2.58. The molecule has 0 saturated heterocycles. The summed E-state index contributed by atoms with van der Waals surface area (Å²) < 4.78 is 0. The van der Waals surface area contributed by atoms with Crippen molar-refractivity contribution < 1.29 is 5.11 Å². The van der Waals surface area contributed by atoms with E-state index in [1.54, 1.807) is 0 Å². The zero-order valence-electron chi connectivity index (χ0n) is 12.6. The van der Waals surface area contributed by atoms with E-state index in [4.69, 9.17) is 0 Å². The summed E-state index contributed by atoms with van der Waals surface area (Å²) in [5.74, 6) is 0.403. The van der Waals surface area contributed by atoms with E-state index in [1.807, 2.05) is 18.2 Å². The van der Waals surface area contributed by atoms with Gasteiger partial charge in [0, 0.05) is 5.56 Å². The Hall–Kier alpha value is -1.24. The first kappa shape index (κ1) is 14.8. The molecule has 1 N–H and O–H groups in total. The van der Waals surface area contributed by atoms with Crippen LogP contribution in [0, 0.1) is 0 Å². The summed E-state index contributed by atoms with van der Waals surface area (Å²) >= 11 is 0. The Kier molecular flexibility index (Phi) is 3.95. The number of benzene rings is 1. The maximum Gasteiger partial charge on any atom is 0.119 e. The minimum atomic E-state index is -0.0656. The van der Waals surface area contributed by atoms with E-state index in [9.17, 15) is 5.11 Å². The van der Waals surface area contributed by atoms with Crippen molar-refractivity contribution in [2.24, 2.45) is 0 Å². The van der Waals surface area contributed by atoms with Gasteiger partial charge in [-0.1, -0.05) is 53.7 Å². The van der Waals surface area contributed by atoms with Crippen LogP contribution in [0.5, 0.6) is 5.75 Å². The Morgan fingerprint density at radius 3 is 1.89 bits per heavy atom. The lowest BCUT2D eigenvalue weighted by molar-refractivity contribution is 0.434. The van der Waals surface area contributed by atoms with Crippen molar-refractivity contribution in [3.8, 4) is 5.75 Å². The van der Waals surface area contributed by atoms with Crippen molar-refractivity contribution in [3.05, 3.63) is 41.5 Å². The SMILES string of the molecule is C=CCc1ccc(O)c(C(C)(C)C)c1C(C)(C)C. The van der Waals surface area contributed by atoms with Gasteiger partial charge in [0.25, 0.3) is 0 Å². The maximum atomic E-state index is 10.3. The fraction of sp³-hybridized carbons (Fsp3) is 0.529. The number of allylic oxidation sites excluding steroid dienone is 1. The molecule has 0 unspecified atom stereocenters. The number of aromatic hydroxyl groups is 1. The van der Waals surface area contributed by atoms with Crippen LogP contribution in [0.2, 0.25) is 0 Å². The molecule has 0 aliphatic heterocycles. The van der Waals surface area contributed by atoms with Crippen LogP contribution in [0.15, 0.2) is 24.8 Å². The number of phenolic OH excluding ortho intramolecular Hbond substituents is 1. The van der Waals surface area contributed by atoms with Crippen molar-refractivity contribution in [2.45, 2.75) is 58.8 Å². The molecule has 100 valence electrons. The normalized spacial score (nSPS) is 12.6. The van der Waals surface area contributed by atoms with E-state index in [2.05, 4.69) is 48.1 Å². The quantitative estimate of drug-likeness (QED) is 0.749. The fourth-order valence-corrected chi connectivity index (χ4v) is 2.58. The van der Waals surface area contributed by atoms with E-state index < -0.39 is 0 Å². The molecule has 1 heteroatoms. The maximum absolute atomic E-state index is 10.3. The standard InChI is InChI=1S/C17H26O/c1-8-9-12-10-11-13(18)15(17(5,6)7)14(12)16(2,3)4/h8,10-11,18H,1,9H2,2-7H3. The zero-order valence-corrected chi connectivity index (χ0v) is 12.6. The van der Waals surface area contributed by atoms with Crippen LogP contribution < -0.4 is 0 Å². The molecule has 0 amide bonds. The van der Waals surface area contributed by atoms with Crippen molar-refractivity contribution in [1.29, 1.82) is 0 Å². The van der Waals surface area contributed by atoms with Crippen molar-refractivity contribution in [1.82, 2.24) is 0 Å². The minimum Gasteiger partial charge on any atom is -0.508 e. The molecule has 0 saturated carbocycles. The average molecular weight is 246 g/mol. The molecule has 0 fully saturated rings. The van der Waals surface area contributed by atoms with Crippen molar-refractivity contribution in [3.63, 3.8) is 0 Å². The van der Waals surface area contributed by atoms with Gasteiger partial charge in [0.1, 0.15) is 5.75 Å². The lowest BCUT2D eigenvalue weighted by Gasteiger charge is -2.33. The van der Waals surface area contributed by atoms with Gasteiger partial charge in [-0.05, 0) is 34.4 Å². The van der Waals surface area contributed by atoms with Gasteiger partial charge in [-0.25, -0.2) is 0 Å². The molecule has 1 nitrogen and oxygen atoms in total. The van der Waals surface area contributed by atoms with Crippen LogP contribution >= 0.6 is 0 Å². The van der Waals surface area contributed by atoms with Gasteiger partial charge in [0.05, 0.1) is 0 Å². The molecule has 0 aliphatic carbocycles. The summed E-state index contributed by atoms with van der Waals surface area (Å²) in [7, 11) is 0. The number of hydrogen-bond acceptors (Lipinski definition) is 1. The van der Waals surface area contributed by atoms with Gasteiger partial charge >= 0.3 is 0 Å². The highest BCUT2D eigenvalue weighted by Gasteiger charge is 2.29. The minimum absolute atomic E-state index is 0.0136. The van der Waals surface area contributed by atoms with Crippen LogP contribution in [0.1, 0.15) is 58.2 Å². The second-order valence-corrected chi connectivity index (χ2v) is 6.99. The van der Waals surface area contributed by atoms with E-state index in [0.29, 0.717) is 5.75 Å². The number of hydrogen-bond donors (Lipinski definition) is 1. The van der Waals surface area contributed by atoms with Crippen LogP contribution in [-0.4, -0.2) is 5.11 Å². The summed E-state index contributed by atoms with van der Waals surface area (Å²) in [6.07, 6.45) is 2.77. The first-order valence-corrected chi connectivity index (χ1v) is 6.55. The van der Waals surface area contributed by atoms with Crippen LogP contribution in [0.4, 0.5) is 0 Å². The molecule has 0 radical (unpaired) electrons. The van der Waals surface area contributed by atoms with E-state index in [0.717, 1.165) is 12.0 Å². The smallest absolute Gasteiger partial charge is 0.119 e. The van der Waals surface area contributed by atoms with Crippen molar-refractivity contribution >= 4 is 0 Å².